The molecule has 0 spiro atoms. The molecule has 0 aromatic heterocycles. The molecule has 1 heterocycles. The summed E-state index contributed by atoms with van der Waals surface area (Å²) in [4.78, 5) is 4.56. The van der Waals surface area contributed by atoms with Crippen LogP contribution in [0.2, 0.25) is 5.02 Å². The van der Waals surface area contributed by atoms with Crippen molar-refractivity contribution in [2.75, 3.05) is 11.1 Å². The van der Waals surface area contributed by atoms with E-state index in [0.717, 1.165) is 28.1 Å². The standard InChI is InChI=1S/C11H13ClN2S/c1-2-9-7-15-11(13-9)14-10-5-3-8(12)4-6-10/h3-6,9H,2,7H2,1H3,(H,13,14)/t9-/m1/s1. The number of rotatable bonds is 2. The third kappa shape index (κ3) is 2.89. The number of amidine groups is 1. The summed E-state index contributed by atoms with van der Waals surface area (Å²) in [7, 11) is 0. The van der Waals surface area contributed by atoms with Gasteiger partial charge in [-0.05, 0) is 30.7 Å². The first-order chi connectivity index (χ1) is 7.28. The molecule has 15 heavy (non-hydrogen) atoms. The van der Waals surface area contributed by atoms with E-state index in [1.165, 1.54) is 0 Å². The fourth-order valence-electron chi connectivity index (χ4n) is 1.35. The molecule has 4 heteroatoms. The van der Waals surface area contributed by atoms with Gasteiger partial charge < -0.3 is 5.32 Å². The molecule has 0 fully saturated rings. The molecule has 1 N–H and O–H groups in total. The van der Waals surface area contributed by atoms with Crippen LogP contribution in [-0.4, -0.2) is 17.0 Å². The van der Waals surface area contributed by atoms with Crippen LogP contribution in [0.15, 0.2) is 29.3 Å². The first-order valence-corrected chi connectivity index (χ1v) is 6.37. The van der Waals surface area contributed by atoms with Gasteiger partial charge in [0.25, 0.3) is 0 Å². The summed E-state index contributed by atoms with van der Waals surface area (Å²) in [5.74, 6) is 1.09. The van der Waals surface area contributed by atoms with Crippen LogP contribution in [0, 0.1) is 0 Å². The monoisotopic (exact) mass is 240 g/mol. The van der Waals surface area contributed by atoms with E-state index in [1.807, 2.05) is 24.3 Å². The maximum absolute atomic E-state index is 5.81. The predicted molar refractivity (Wildman–Crippen MR) is 69.0 cm³/mol. The maximum Gasteiger partial charge on any atom is 0.161 e. The molecule has 2 nitrogen and oxygen atoms in total. The molecule has 1 atom stereocenters. The smallest absolute Gasteiger partial charge is 0.161 e. The highest BCUT2D eigenvalue weighted by Gasteiger charge is 2.15. The average Bonchev–Trinajstić information content (AvgIpc) is 2.69. The predicted octanol–water partition coefficient (Wildman–Crippen LogP) is 3.63. The van der Waals surface area contributed by atoms with Crippen molar-refractivity contribution in [2.24, 2.45) is 4.99 Å². The Labute approximate surface area is 99.1 Å². The zero-order valence-electron chi connectivity index (χ0n) is 8.53. The van der Waals surface area contributed by atoms with E-state index in [-0.39, 0.29) is 0 Å². The van der Waals surface area contributed by atoms with Crippen LogP contribution in [-0.2, 0) is 0 Å². The van der Waals surface area contributed by atoms with Gasteiger partial charge in [0.15, 0.2) is 5.17 Å². The van der Waals surface area contributed by atoms with Gasteiger partial charge in [-0.3, -0.25) is 4.99 Å². The Bertz CT molecular complexity index is 361. The molecule has 1 aromatic carbocycles. The second-order valence-corrected chi connectivity index (χ2v) is 4.88. The highest BCUT2D eigenvalue weighted by molar-refractivity contribution is 8.14. The second kappa shape index (κ2) is 4.90. The number of benzene rings is 1. The van der Waals surface area contributed by atoms with Gasteiger partial charge in [0, 0.05) is 16.5 Å². The van der Waals surface area contributed by atoms with Gasteiger partial charge in [-0.25, -0.2) is 0 Å². The molecule has 1 aliphatic rings. The van der Waals surface area contributed by atoms with Gasteiger partial charge in [-0.1, -0.05) is 30.3 Å². The number of hydrogen-bond acceptors (Lipinski definition) is 3. The van der Waals surface area contributed by atoms with Crippen LogP contribution in [0.1, 0.15) is 13.3 Å². The molecule has 0 bridgehead atoms. The highest BCUT2D eigenvalue weighted by atomic mass is 35.5. The van der Waals surface area contributed by atoms with Crippen molar-refractivity contribution in [2.45, 2.75) is 19.4 Å². The van der Waals surface area contributed by atoms with Crippen molar-refractivity contribution in [3.05, 3.63) is 29.3 Å². The third-order valence-electron chi connectivity index (χ3n) is 2.28. The van der Waals surface area contributed by atoms with Crippen molar-refractivity contribution in [1.29, 1.82) is 0 Å². The van der Waals surface area contributed by atoms with Crippen molar-refractivity contribution in [1.82, 2.24) is 0 Å². The maximum atomic E-state index is 5.81. The van der Waals surface area contributed by atoms with Crippen LogP contribution < -0.4 is 5.32 Å². The lowest BCUT2D eigenvalue weighted by molar-refractivity contribution is 0.738. The number of nitrogens with one attached hydrogen (secondary N) is 1. The summed E-state index contributed by atoms with van der Waals surface area (Å²) < 4.78 is 0. The minimum Gasteiger partial charge on any atom is -0.335 e. The first kappa shape index (κ1) is 10.8. The fraction of sp³-hybridized carbons (Fsp3) is 0.364. The van der Waals surface area contributed by atoms with Gasteiger partial charge in [0.05, 0.1) is 6.04 Å². The summed E-state index contributed by atoms with van der Waals surface area (Å²) in [6.45, 7) is 2.17. The van der Waals surface area contributed by atoms with Crippen LogP contribution in [0.5, 0.6) is 0 Å². The van der Waals surface area contributed by atoms with E-state index in [0.29, 0.717) is 6.04 Å². The van der Waals surface area contributed by atoms with Crippen LogP contribution >= 0.6 is 23.4 Å². The minimum atomic E-state index is 0.477. The molecule has 0 radical (unpaired) electrons. The van der Waals surface area contributed by atoms with Crippen molar-refractivity contribution in [3.8, 4) is 0 Å². The number of hydrogen-bond donors (Lipinski definition) is 1. The average molecular weight is 241 g/mol. The van der Waals surface area contributed by atoms with Gasteiger partial charge in [0.1, 0.15) is 0 Å². The van der Waals surface area contributed by atoms with E-state index >= 15 is 0 Å². The topological polar surface area (TPSA) is 24.4 Å². The van der Waals surface area contributed by atoms with Crippen molar-refractivity contribution >= 4 is 34.2 Å². The fourth-order valence-corrected chi connectivity index (χ4v) is 2.55. The summed E-state index contributed by atoms with van der Waals surface area (Å²) in [5, 5.41) is 5.06. The number of anilines is 1. The SMILES string of the molecule is CC[C@@H]1CSC(Nc2ccc(Cl)cc2)=N1. The molecule has 1 aromatic rings. The van der Waals surface area contributed by atoms with Crippen LogP contribution in [0.3, 0.4) is 0 Å². The van der Waals surface area contributed by atoms with E-state index in [1.54, 1.807) is 11.8 Å². The molecular formula is C11H13ClN2S. The Balaban J connectivity index is 2.00. The van der Waals surface area contributed by atoms with Gasteiger partial charge in [-0.15, -0.1) is 0 Å². The van der Waals surface area contributed by atoms with E-state index in [2.05, 4.69) is 17.2 Å². The Morgan fingerprint density at radius 3 is 2.80 bits per heavy atom. The summed E-state index contributed by atoms with van der Waals surface area (Å²) in [6.07, 6.45) is 1.11. The molecule has 0 amide bonds. The largest absolute Gasteiger partial charge is 0.335 e. The Kier molecular flexibility index (Phi) is 3.54. The van der Waals surface area contributed by atoms with Crippen LogP contribution in [0.4, 0.5) is 5.69 Å². The molecule has 0 unspecified atom stereocenters. The zero-order chi connectivity index (χ0) is 10.7. The van der Waals surface area contributed by atoms with Crippen molar-refractivity contribution < 1.29 is 0 Å². The van der Waals surface area contributed by atoms with Crippen molar-refractivity contribution in [3.63, 3.8) is 0 Å². The van der Waals surface area contributed by atoms with E-state index in [9.17, 15) is 0 Å². The molecule has 0 aliphatic carbocycles. The first-order valence-electron chi connectivity index (χ1n) is 5.01. The summed E-state index contributed by atoms with van der Waals surface area (Å²) in [6, 6.07) is 8.16. The summed E-state index contributed by atoms with van der Waals surface area (Å²) in [5.41, 5.74) is 1.04. The Morgan fingerprint density at radius 1 is 1.47 bits per heavy atom. The summed E-state index contributed by atoms with van der Waals surface area (Å²) >= 11 is 7.59. The van der Waals surface area contributed by atoms with Gasteiger partial charge in [-0.2, -0.15) is 0 Å². The third-order valence-corrected chi connectivity index (χ3v) is 3.56. The molecule has 0 saturated heterocycles. The normalized spacial score (nSPS) is 20.1. The number of halogens is 1. The molecule has 80 valence electrons. The molecule has 2 rings (SSSR count). The highest BCUT2D eigenvalue weighted by Crippen LogP contribution is 2.22. The lowest BCUT2D eigenvalue weighted by Gasteiger charge is -2.04. The lowest BCUT2D eigenvalue weighted by atomic mass is 10.3. The number of aliphatic imine (C=N–C) groups is 1. The Hall–Kier alpha value is -0.670. The number of thioether (sulfide) groups is 1. The van der Waals surface area contributed by atoms with Crippen LogP contribution in [0.25, 0.3) is 0 Å². The van der Waals surface area contributed by atoms with Gasteiger partial charge >= 0.3 is 0 Å². The minimum absolute atomic E-state index is 0.477. The lowest BCUT2D eigenvalue weighted by Crippen LogP contribution is -2.04. The quantitative estimate of drug-likeness (QED) is 0.854. The number of nitrogens with zero attached hydrogens (tertiary/aromatic N) is 1. The zero-order valence-corrected chi connectivity index (χ0v) is 10.1. The van der Waals surface area contributed by atoms with E-state index < -0.39 is 0 Å². The molecule has 1 aliphatic heterocycles. The molecule has 0 saturated carbocycles. The second-order valence-electron chi connectivity index (χ2n) is 3.44. The Morgan fingerprint density at radius 2 is 2.20 bits per heavy atom. The van der Waals surface area contributed by atoms with E-state index in [4.69, 9.17) is 11.6 Å². The van der Waals surface area contributed by atoms with Gasteiger partial charge in [0.2, 0.25) is 0 Å². The molecular weight excluding hydrogens is 228 g/mol.